The van der Waals surface area contributed by atoms with Gasteiger partial charge in [-0.3, -0.25) is 4.90 Å². The molecule has 0 amide bonds. The standard InChI is InChI=1S/C31H33FN6O2/c32-22-14-31(10-3-11-38(31)16-22)19-40-30-35-28(9-6-21-13-25(39)12-20-4-1-2-5-26(20)21)27(15-33)29(36-30)37-17-23-7-8-24(18-37)34-23/h1-2,4-6,9,12-13,22-24,34,39H,3,7-8,10-11,14,16-19H2/b9-6+/t22-,23-,24+,31+/m1/s1. The molecule has 0 aliphatic carbocycles. The summed E-state index contributed by atoms with van der Waals surface area (Å²) >= 11 is 0. The van der Waals surface area contributed by atoms with E-state index in [0.717, 1.165) is 61.7 Å². The molecule has 4 saturated heterocycles. The van der Waals surface area contributed by atoms with Crippen LogP contribution >= 0.6 is 0 Å². The molecule has 0 unspecified atom stereocenters. The zero-order chi connectivity index (χ0) is 27.3. The molecule has 206 valence electrons. The summed E-state index contributed by atoms with van der Waals surface area (Å²) in [5.41, 5.74) is 1.38. The van der Waals surface area contributed by atoms with Crippen LogP contribution in [-0.4, -0.2) is 76.6 Å². The summed E-state index contributed by atoms with van der Waals surface area (Å²) in [5.74, 6) is 0.757. The van der Waals surface area contributed by atoms with Crippen LogP contribution in [0.1, 0.15) is 48.9 Å². The molecular weight excluding hydrogens is 507 g/mol. The highest BCUT2D eigenvalue weighted by Gasteiger charge is 2.49. The van der Waals surface area contributed by atoms with Gasteiger partial charge in [-0.1, -0.05) is 30.3 Å². The molecular formula is C31H33FN6O2. The Bertz CT molecular complexity index is 1510. The number of alkyl halides is 1. The maximum atomic E-state index is 14.4. The predicted octanol–water partition coefficient (Wildman–Crippen LogP) is 4.27. The van der Waals surface area contributed by atoms with Crippen LogP contribution in [0.5, 0.6) is 11.8 Å². The Morgan fingerprint density at radius 3 is 2.80 bits per heavy atom. The van der Waals surface area contributed by atoms with Crippen LogP contribution in [0.3, 0.4) is 0 Å². The Morgan fingerprint density at radius 2 is 1.98 bits per heavy atom. The molecule has 0 spiro atoms. The van der Waals surface area contributed by atoms with Gasteiger partial charge in [0.15, 0.2) is 5.82 Å². The first-order valence-electron chi connectivity index (χ1n) is 14.2. The number of piperazine rings is 1. The minimum atomic E-state index is -0.840. The number of ether oxygens (including phenoxy) is 1. The van der Waals surface area contributed by atoms with Crippen LogP contribution in [-0.2, 0) is 0 Å². The molecule has 40 heavy (non-hydrogen) atoms. The lowest BCUT2D eigenvalue weighted by molar-refractivity contribution is 0.107. The minimum Gasteiger partial charge on any atom is -0.508 e. The van der Waals surface area contributed by atoms with Crippen LogP contribution in [0, 0.1) is 11.3 Å². The first-order chi connectivity index (χ1) is 19.5. The third-order valence-corrected chi connectivity index (χ3v) is 9.06. The number of fused-ring (bicyclic) bond motifs is 4. The number of nitrogens with zero attached hydrogens (tertiary/aromatic N) is 5. The molecule has 0 saturated carbocycles. The van der Waals surface area contributed by atoms with Gasteiger partial charge in [0.25, 0.3) is 0 Å². The highest BCUT2D eigenvalue weighted by atomic mass is 19.1. The molecule has 0 radical (unpaired) electrons. The third kappa shape index (κ3) is 4.55. The number of phenolic OH excluding ortho intramolecular Hbond substituents is 1. The highest BCUT2D eigenvalue weighted by Crippen LogP contribution is 2.40. The second-order valence-corrected chi connectivity index (χ2v) is 11.7. The zero-order valence-electron chi connectivity index (χ0n) is 22.4. The van der Waals surface area contributed by atoms with Crippen LogP contribution in [0.2, 0.25) is 0 Å². The SMILES string of the molecule is N#Cc1c(/C=C/c2cc(O)cc3ccccc23)nc(OC[C@@]23CCCN2C[C@H](F)C3)nc1N1C[C@H]2CC[C@@H](C1)N2. The van der Waals surface area contributed by atoms with Gasteiger partial charge in [-0.2, -0.15) is 15.2 Å². The number of aromatic hydroxyl groups is 1. The van der Waals surface area contributed by atoms with Crippen LogP contribution < -0.4 is 15.0 Å². The van der Waals surface area contributed by atoms with Crippen molar-refractivity contribution in [3.8, 4) is 17.8 Å². The van der Waals surface area contributed by atoms with Gasteiger partial charge < -0.3 is 20.1 Å². The smallest absolute Gasteiger partial charge is 0.319 e. The number of hydrogen-bond acceptors (Lipinski definition) is 8. The number of nitriles is 1. The lowest BCUT2D eigenvalue weighted by Gasteiger charge is -2.34. The van der Waals surface area contributed by atoms with Crippen molar-refractivity contribution in [2.24, 2.45) is 0 Å². The fraction of sp³-hybridized carbons (Fsp3) is 0.452. The average molecular weight is 541 g/mol. The summed E-state index contributed by atoms with van der Waals surface area (Å²) in [6.07, 6.45) is 7.46. The van der Waals surface area contributed by atoms with Crippen LogP contribution in [0.4, 0.5) is 10.2 Å². The Kier molecular flexibility index (Phi) is 6.32. The average Bonchev–Trinajstić information content (AvgIpc) is 3.60. The minimum absolute atomic E-state index is 0.172. The quantitative estimate of drug-likeness (QED) is 0.479. The van der Waals surface area contributed by atoms with Gasteiger partial charge in [-0.05, 0) is 66.8 Å². The molecule has 4 aliphatic rings. The van der Waals surface area contributed by atoms with E-state index in [1.165, 1.54) is 0 Å². The largest absolute Gasteiger partial charge is 0.508 e. The monoisotopic (exact) mass is 540 g/mol. The Labute approximate surface area is 233 Å². The van der Waals surface area contributed by atoms with E-state index in [4.69, 9.17) is 14.7 Å². The number of phenols is 1. The summed E-state index contributed by atoms with van der Waals surface area (Å²) in [7, 11) is 0. The van der Waals surface area contributed by atoms with E-state index in [2.05, 4.69) is 21.2 Å². The van der Waals surface area contributed by atoms with E-state index in [9.17, 15) is 14.8 Å². The lowest BCUT2D eigenvalue weighted by Crippen LogP contribution is -2.51. The molecule has 8 nitrogen and oxygen atoms in total. The molecule has 3 aromatic rings. The molecule has 4 fully saturated rings. The zero-order valence-corrected chi connectivity index (χ0v) is 22.4. The molecule has 1 aromatic heterocycles. The van der Waals surface area contributed by atoms with Crippen molar-refractivity contribution in [1.29, 1.82) is 5.26 Å². The number of halogens is 1. The molecule has 9 heteroatoms. The van der Waals surface area contributed by atoms with Crippen molar-refractivity contribution in [1.82, 2.24) is 20.2 Å². The molecule has 7 rings (SSSR count). The second kappa shape index (κ2) is 10.0. The maximum absolute atomic E-state index is 14.4. The molecule has 2 N–H and O–H groups in total. The summed E-state index contributed by atoms with van der Waals surface area (Å²) < 4.78 is 20.6. The molecule has 4 aliphatic heterocycles. The van der Waals surface area contributed by atoms with Gasteiger partial charge in [0.2, 0.25) is 0 Å². The summed E-state index contributed by atoms with van der Waals surface area (Å²) in [4.78, 5) is 13.9. The van der Waals surface area contributed by atoms with E-state index in [1.54, 1.807) is 12.1 Å². The molecule has 5 heterocycles. The fourth-order valence-electron chi connectivity index (χ4n) is 7.21. The molecule has 2 bridgehead atoms. The normalized spacial score (nSPS) is 27.9. The van der Waals surface area contributed by atoms with Crippen molar-refractivity contribution in [2.75, 3.05) is 37.7 Å². The van der Waals surface area contributed by atoms with E-state index < -0.39 is 6.17 Å². The van der Waals surface area contributed by atoms with Crippen molar-refractivity contribution in [2.45, 2.75) is 55.9 Å². The van der Waals surface area contributed by atoms with Crippen molar-refractivity contribution in [3.63, 3.8) is 0 Å². The second-order valence-electron chi connectivity index (χ2n) is 11.7. The summed E-state index contributed by atoms with van der Waals surface area (Å²) in [5, 5.41) is 26.2. The topological polar surface area (TPSA) is 97.5 Å². The number of nitrogens with one attached hydrogen (secondary N) is 1. The van der Waals surface area contributed by atoms with Crippen molar-refractivity contribution < 1.29 is 14.2 Å². The number of rotatable bonds is 6. The van der Waals surface area contributed by atoms with E-state index in [-0.39, 0.29) is 17.3 Å². The Balaban J connectivity index is 1.26. The van der Waals surface area contributed by atoms with Gasteiger partial charge in [0, 0.05) is 38.1 Å². The number of aromatic nitrogens is 2. The lowest BCUT2D eigenvalue weighted by atomic mass is 9.95. The molecule has 2 aromatic carbocycles. The first kappa shape index (κ1) is 25.2. The van der Waals surface area contributed by atoms with Crippen LogP contribution in [0.15, 0.2) is 36.4 Å². The maximum Gasteiger partial charge on any atom is 0.319 e. The molecule has 4 atom stereocenters. The van der Waals surface area contributed by atoms with Crippen molar-refractivity contribution in [3.05, 3.63) is 53.2 Å². The van der Waals surface area contributed by atoms with Gasteiger partial charge >= 0.3 is 6.01 Å². The third-order valence-electron chi connectivity index (χ3n) is 9.06. The van der Waals surface area contributed by atoms with E-state index in [1.807, 2.05) is 36.4 Å². The van der Waals surface area contributed by atoms with Gasteiger partial charge in [0.05, 0.1) is 11.2 Å². The van der Waals surface area contributed by atoms with E-state index >= 15 is 0 Å². The van der Waals surface area contributed by atoms with Gasteiger partial charge in [-0.25, -0.2) is 4.39 Å². The fourth-order valence-corrected chi connectivity index (χ4v) is 7.21. The van der Waals surface area contributed by atoms with Gasteiger partial charge in [-0.15, -0.1) is 0 Å². The number of hydrogen-bond donors (Lipinski definition) is 2. The van der Waals surface area contributed by atoms with E-state index in [0.29, 0.717) is 48.7 Å². The number of anilines is 1. The van der Waals surface area contributed by atoms with Crippen LogP contribution in [0.25, 0.3) is 22.9 Å². The number of benzene rings is 2. The van der Waals surface area contributed by atoms with Gasteiger partial charge in [0.1, 0.15) is 30.2 Å². The summed E-state index contributed by atoms with van der Waals surface area (Å²) in [6.45, 7) is 3.20. The highest BCUT2D eigenvalue weighted by molar-refractivity contribution is 5.94. The predicted molar refractivity (Wildman–Crippen MR) is 152 cm³/mol. The van der Waals surface area contributed by atoms with Crippen molar-refractivity contribution >= 4 is 28.7 Å². The summed E-state index contributed by atoms with van der Waals surface area (Å²) in [6, 6.07) is 14.6. The Hall–Kier alpha value is -3.74. The Morgan fingerprint density at radius 1 is 1.15 bits per heavy atom. The first-order valence-corrected chi connectivity index (χ1v) is 14.2.